The predicted octanol–water partition coefficient (Wildman–Crippen LogP) is 3.24. The lowest BCUT2D eigenvalue weighted by molar-refractivity contribution is -0.0124. The molecule has 0 heterocycles. The Morgan fingerprint density at radius 3 is 2.31 bits per heavy atom. The van der Waals surface area contributed by atoms with Crippen molar-refractivity contribution < 1.29 is 5.11 Å². The molecule has 0 spiro atoms. The Kier molecular flexibility index (Phi) is 6.37. The number of hydrogen-bond acceptors (Lipinski definition) is 2. The van der Waals surface area contributed by atoms with Gasteiger partial charge in [-0.15, -0.1) is 0 Å². The average Bonchev–Trinajstić information content (AvgIpc) is 2.30. The highest BCUT2D eigenvalue weighted by atomic mass is 16.3. The van der Waals surface area contributed by atoms with Gasteiger partial charge in [-0.3, -0.25) is 0 Å². The third kappa shape index (κ3) is 4.84. The van der Waals surface area contributed by atoms with E-state index in [2.05, 4.69) is 12.2 Å². The Morgan fingerprint density at radius 1 is 1.12 bits per heavy atom. The Hall–Kier alpha value is -0.0800. The standard InChI is InChI=1S/C14H29NO/c1-3-4-5-6-7-10-14(16)11-8-13(15-2)9-12-14/h13,15-16H,3-12H2,1-2H3. The van der Waals surface area contributed by atoms with E-state index < -0.39 is 0 Å². The normalized spacial score (nSPS) is 30.6. The zero-order valence-electron chi connectivity index (χ0n) is 11.1. The second-order valence-corrected chi connectivity index (χ2v) is 5.45. The summed E-state index contributed by atoms with van der Waals surface area (Å²) in [4.78, 5) is 0. The molecule has 1 aliphatic carbocycles. The Labute approximate surface area is 101 Å². The second-order valence-electron chi connectivity index (χ2n) is 5.45. The maximum atomic E-state index is 10.4. The van der Waals surface area contributed by atoms with E-state index in [0.717, 1.165) is 32.1 Å². The summed E-state index contributed by atoms with van der Waals surface area (Å²) >= 11 is 0. The van der Waals surface area contributed by atoms with Crippen molar-refractivity contribution in [3.05, 3.63) is 0 Å². The number of unbranched alkanes of at least 4 members (excludes halogenated alkanes) is 4. The van der Waals surface area contributed by atoms with Crippen LogP contribution in [0.4, 0.5) is 0 Å². The summed E-state index contributed by atoms with van der Waals surface area (Å²) in [7, 11) is 2.03. The molecule has 1 aliphatic rings. The first-order valence-electron chi connectivity index (χ1n) is 7.10. The number of aliphatic hydroxyl groups is 1. The maximum absolute atomic E-state index is 10.4. The van der Waals surface area contributed by atoms with Crippen molar-refractivity contribution in [1.82, 2.24) is 5.32 Å². The van der Waals surface area contributed by atoms with Crippen LogP contribution in [0, 0.1) is 0 Å². The van der Waals surface area contributed by atoms with Gasteiger partial charge in [0, 0.05) is 6.04 Å². The monoisotopic (exact) mass is 227 g/mol. The van der Waals surface area contributed by atoms with E-state index in [1.807, 2.05) is 7.05 Å². The molecule has 0 radical (unpaired) electrons. The van der Waals surface area contributed by atoms with Crippen LogP contribution in [0.3, 0.4) is 0 Å². The molecule has 16 heavy (non-hydrogen) atoms. The van der Waals surface area contributed by atoms with Crippen LogP contribution in [-0.2, 0) is 0 Å². The highest BCUT2D eigenvalue weighted by Crippen LogP contribution is 2.32. The fraction of sp³-hybridized carbons (Fsp3) is 1.00. The van der Waals surface area contributed by atoms with Crippen molar-refractivity contribution in [3.8, 4) is 0 Å². The molecule has 1 rings (SSSR count). The summed E-state index contributed by atoms with van der Waals surface area (Å²) in [6.45, 7) is 2.24. The van der Waals surface area contributed by atoms with Gasteiger partial charge in [-0.1, -0.05) is 39.0 Å². The Balaban J connectivity index is 2.11. The van der Waals surface area contributed by atoms with Gasteiger partial charge in [0.05, 0.1) is 5.60 Å². The summed E-state index contributed by atoms with van der Waals surface area (Å²) in [5.74, 6) is 0. The fourth-order valence-electron chi connectivity index (χ4n) is 2.75. The molecule has 0 bridgehead atoms. The van der Waals surface area contributed by atoms with Crippen molar-refractivity contribution in [2.24, 2.45) is 0 Å². The molecule has 96 valence electrons. The molecule has 0 atom stereocenters. The van der Waals surface area contributed by atoms with Crippen LogP contribution in [0.2, 0.25) is 0 Å². The molecule has 0 aromatic rings. The summed E-state index contributed by atoms with van der Waals surface area (Å²) in [6.07, 6.45) is 11.8. The molecule has 0 aromatic carbocycles. The first kappa shape index (κ1) is 14.0. The molecular weight excluding hydrogens is 198 g/mol. The lowest BCUT2D eigenvalue weighted by Crippen LogP contribution is -2.40. The number of nitrogens with one attached hydrogen (secondary N) is 1. The first-order valence-corrected chi connectivity index (χ1v) is 7.10. The summed E-state index contributed by atoms with van der Waals surface area (Å²) in [5, 5.41) is 13.7. The van der Waals surface area contributed by atoms with Crippen molar-refractivity contribution in [2.75, 3.05) is 7.05 Å². The quantitative estimate of drug-likeness (QED) is 0.654. The van der Waals surface area contributed by atoms with Crippen LogP contribution in [0.15, 0.2) is 0 Å². The van der Waals surface area contributed by atoms with Crippen LogP contribution in [0.5, 0.6) is 0 Å². The van der Waals surface area contributed by atoms with E-state index in [4.69, 9.17) is 0 Å². The third-order valence-corrected chi connectivity index (χ3v) is 4.07. The molecule has 1 saturated carbocycles. The van der Waals surface area contributed by atoms with Gasteiger partial charge < -0.3 is 10.4 Å². The molecule has 0 amide bonds. The lowest BCUT2D eigenvalue weighted by Gasteiger charge is -2.36. The topological polar surface area (TPSA) is 32.3 Å². The molecule has 0 unspecified atom stereocenters. The van der Waals surface area contributed by atoms with E-state index in [1.54, 1.807) is 0 Å². The zero-order chi connectivity index (χ0) is 11.9. The van der Waals surface area contributed by atoms with Crippen molar-refractivity contribution in [1.29, 1.82) is 0 Å². The van der Waals surface area contributed by atoms with E-state index >= 15 is 0 Å². The highest BCUT2D eigenvalue weighted by Gasteiger charge is 2.31. The number of rotatable bonds is 7. The minimum Gasteiger partial charge on any atom is -0.390 e. The maximum Gasteiger partial charge on any atom is 0.0649 e. The molecule has 0 saturated heterocycles. The average molecular weight is 227 g/mol. The number of hydrogen-bond donors (Lipinski definition) is 2. The molecule has 0 aromatic heterocycles. The van der Waals surface area contributed by atoms with E-state index in [-0.39, 0.29) is 5.60 Å². The SMILES string of the molecule is CCCCCCCC1(O)CCC(NC)CC1. The zero-order valence-corrected chi connectivity index (χ0v) is 11.1. The van der Waals surface area contributed by atoms with Gasteiger partial charge in [-0.05, 0) is 39.2 Å². The van der Waals surface area contributed by atoms with E-state index in [1.165, 1.54) is 32.1 Å². The fourth-order valence-corrected chi connectivity index (χ4v) is 2.75. The molecule has 2 heteroatoms. The van der Waals surface area contributed by atoms with Crippen LogP contribution < -0.4 is 5.32 Å². The summed E-state index contributed by atoms with van der Waals surface area (Å²) < 4.78 is 0. The van der Waals surface area contributed by atoms with Crippen molar-refractivity contribution in [2.45, 2.75) is 82.8 Å². The van der Waals surface area contributed by atoms with Gasteiger partial charge in [-0.25, -0.2) is 0 Å². The lowest BCUT2D eigenvalue weighted by atomic mass is 9.79. The van der Waals surface area contributed by atoms with Gasteiger partial charge in [0.1, 0.15) is 0 Å². The van der Waals surface area contributed by atoms with Gasteiger partial charge in [-0.2, -0.15) is 0 Å². The summed E-state index contributed by atoms with van der Waals surface area (Å²) in [6, 6.07) is 0.639. The van der Waals surface area contributed by atoms with Crippen molar-refractivity contribution in [3.63, 3.8) is 0 Å². The molecule has 0 aliphatic heterocycles. The molecule has 2 N–H and O–H groups in total. The predicted molar refractivity (Wildman–Crippen MR) is 69.6 cm³/mol. The van der Waals surface area contributed by atoms with Gasteiger partial charge in [0.25, 0.3) is 0 Å². The van der Waals surface area contributed by atoms with E-state index in [9.17, 15) is 5.11 Å². The molecule has 2 nitrogen and oxygen atoms in total. The van der Waals surface area contributed by atoms with Crippen LogP contribution in [0.1, 0.15) is 71.1 Å². The Morgan fingerprint density at radius 2 is 1.75 bits per heavy atom. The molecular formula is C14H29NO. The highest BCUT2D eigenvalue weighted by molar-refractivity contribution is 4.87. The molecule has 1 fully saturated rings. The Bertz CT molecular complexity index is 174. The summed E-state index contributed by atoms with van der Waals surface area (Å²) in [5.41, 5.74) is -0.334. The first-order chi connectivity index (χ1) is 7.70. The third-order valence-electron chi connectivity index (χ3n) is 4.07. The van der Waals surface area contributed by atoms with Gasteiger partial charge in [0.2, 0.25) is 0 Å². The minimum atomic E-state index is -0.334. The largest absolute Gasteiger partial charge is 0.390 e. The van der Waals surface area contributed by atoms with Gasteiger partial charge in [0.15, 0.2) is 0 Å². The second kappa shape index (κ2) is 7.29. The minimum absolute atomic E-state index is 0.334. The smallest absolute Gasteiger partial charge is 0.0649 e. The van der Waals surface area contributed by atoms with Crippen LogP contribution in [-0.4, -0.2) is 23.8 Å². The van der Waals surface area contributed by atoms with Crippen molar-refractivity contribution >= 4 is 0 Å². The van der Waals surface area contributed by atoms with Crippen LogP contribution >= 0.6 is 0 Å². The van der Waals surface area contributed by atoms with Crippen LogP contribution in [0.25, 0.3) is 0 Å². The van der Waals surface area contributed by atoms with Gasteiger partial charge >= 0.3 is 0 Å². The van der Waals surface area contributed by atoms with E-state index in [0.29, 0.717) is 6.04 Å².